The zero-order valence-electron chi connectivity index (χ0n) is 6.81. The van der Waals surface area contributed by atoms with Gasteiger partial charge >= 0.3 is 17.2 Å². The SMILES string of the molecule is OP(O)Oc1ccccc1OP(O)O. The highest BCUT2D eigenvalue weighted by atomic mass is 31.2. The van der Waals surface area contributed by atoms with Crippen LogP contribution in [0.1, 0.15) is 0 Å². The van der Waals surface area contributed by atoms with Gasteiger partial charge in [0.25, 0.3) is 0 Å². The fourth-order valence-corrected chi connectivity index (χ4v) is 1.43. The first-order chi connectivity index (χ1) is 6.59. The Kier molecular flexibility index (Phi) is 4.48. The Bertz CT molecular complexity index is 262. The Labute approximate surface area is 82.4 Å². The molecule has 1 rings (SSSR count). The molecule has 0 aliphatic heterocycles. The molecule has 8 heteroatoms. The van der Waals surface area contributed by atoms with Gasteiger partial charge in [-0.05, 0) is 12.1 Å². The van der Waals surface area contributed by atoms with Crippen molar-refractivity contribution in [1.82, 2.24) is 0 Å². The maximum absolute atomic E-state index is 8.59. The van der Waals surface area contributed by atoms with E-state index in [1.807, 2.05) is 0 Å². The van der Waals surface area contributed by atoms with Crippen molar-refractivity contribution in [3.05, 3.63) is 24.3 Å². The van der Waals surface area contributed by atoms with E-state index in [9.17, 15) is 0 Å². The van der Waals surface area contributed by atoms with E-state index in [1.54, 1.807) is 12.1 Å². The molecule has 0 spiro atoms. The molecule has 0 heterocycles. The van der Waals surface area contributed by atoms with Gasteiger partial charge in [0.1, 0.15) is 0 Å². The minimum absolute atomic E-state index is 0.0409. The van der Waals surface area contributed by atoms with Crippen LogP contribution in [0.2, 0.25) is 0 Å². The number of para-hydroxylation sites is 2. The van der Waals surface area contributed by atoms with E-state index in [1.165, 1.54) is 12.1 Å². The highest BCUT2D eigenvalue weighted by Crippen LogP contribution is 2.40. The molecule has 0 bridgehead atoms. The lowest BCUT2D eigenvalue weighted by Crippen LogP contribution is -1.91. The van der Waals surface area contributed by atoms with E-state index in [-0.39, 0.29) is 11.5 Å². The second-order valence-corrected chi connectivity index (χ2v) is 3.51. The quantitative estimate of drug-likeness (QED) is 0.581. The molecule has 1 aromatic rings. The van der Waals surface area contributed by atoms with Crippen molar-refractivity contribution in [3.8, 4) is 11.5 Å². The molecule has 0 aliphatic rings. The van der Waals surface area contributed by atoms with Gasteiger partial charge in [-0.2, -0.15) is 0 Å². The first-order valence-electron chi connectivity index (χ1n) is 3.40. The zero-order chi connectivity index (χ0) is 10.6. The molecule has 0 saturated heterocycles. The van der Waals surface area contributed by atoms with Gasteiger partial charge in [0.05, 0.1) is 0 Å². The van der Waals surface area contributed by atoms with E-state index in [4.69, 9.17) is 19.6 Å². The van der Waals surface area contributed by atoms with Gasteiger partial charge in [0, 0.05) is 0 Å². The summed E-state index contributed by atoms with van der Waals surface area (Å²) < 4.78 is 9.17. The fourth-order valence-electron chi connectivity index (χ4n) is 0.777. The topological polar surface area (TPSA) is 99.4 Å². The van der Waals surface area contributed by atoms with E-state index >= 15 is 0 Å². The summed E-state index contributed by atoms with van der Waals surface area (Å²) in [5, 5.41) is 0. The Morgan fingerprint density at radius 2 is 1.14 bits per heavy atom. The molecule has 0 aliphatic carbocycles. The fraction of sp³-hybridized carbons (Fsp3) is 0. The molecular formula is C6H8O6P2. The smallest absolute Gasteiger partial charge is 0.391 e. The number of hydrogen-bond acceptors (Lipinski definition) is 6. The van der Waals surface area contributed by atoms with Crippen molar-refractivity contribution >= 4 is 17.2 Å². The van der Waals surface area contributed by atoms with Gasteiger partial charge in [0.2, 0.25) is 0 Å². The Hall–Kier alpha value is -0.480. The third-order valence-electron chi connectivity index (χ3n) is 1.21. The van der Waals surface area contributed by atoms with E-state index < -0.39 is 17.2 Å². The third kappa shape index (κ3) is 3.72. The van der Waals surface area contributed by atoms with Crippen LogP contribution in [-0.4, -0.2) is 19.6 Å². The Morgan fingerprint density at radius 3 is 1.43 bits per heavy atom. The summed E-state index contributed by atoms with van der Waals surface area (Å²) in [4.78, 5) is 34.3. The molecule has 14 heavy (non-hydrogen) atoms. The maximum atomic E-state index is 8.59. The monoisotopic (exact) mass is 238 g/mol. The predicted molar refractivity (Wildman–Crippen MR) is 50.4 cm³/mol. The molecule has 0 atom stereocenters. The van der Waals surface area contributed by atoms with Crippen LogP contribution in [-0.2, 0) is 0 Å². The van der Waals surface area contributed by atoms with Crippen LogP contribution in [0.3, 0.4) is 0 Å². The minimum atomic E-state index is -2.55. The van der Waals surface area contributed by atoms with Crippen molar-refractivity contribution in [2.24, 2.45) is 0 Å². The summed E-state index contributed by atoms with van der Waals surface area (Å²) in [7, 11) is -5.11. The molecule has 78 valence electrons. The minimum Gasteiger partial charge on any atom is -0.423 e. The van der Waals surface area contributed by atoms with E-state index in [0.717, 1.165) is 0 Å². The zero-order valence-corrected chi connectivity index (χ0v) is 8.60. The first kappa shape index (κ1) is 11.6. The van der Waals surface area contributed by atoms with Gasteiger partial charge in [-0.1, -0.05) is 12.1 Å². The van der Waals surface area contributed by atoms with Crippen molar-refractivity contribution in [2.45, 2.75) is 0 Å². The van der Waals surface area contributed by atoms with Crippen LogP contribution in [0.25, 0.3) is 0 Å². The van der Waals surface area contributed by atoms with Crippen LogP contribution in [0, 0.1) is 0 Å². The summed E-state index contributed by atoms with van der Waals surface area (Å²) in [6.07, 6.45) is 0. The molecule has 0 amide bonds. The normalized spacial score (nSPS) is 10.7. The molecule has 0 aromatic heterocycles. The highest BCUT2D eigenvalue weighted by Gasteiger charge is 2.12. The van der Waals surface area contributed by atoms with Crippen molar-refractivity contribution < 1.29 is 28.6 Å². The second kappa shape index (κ2) is 5.41. The van der Waals surface area contributed by atoms with Crippen LogP contribution in [0.4, 0.5) is 0 Å². The van der Waals surface area contributed by atoms with Gasteiger partial charge in [-0.3, -0.25) is 0 Å². The lowest BCUT2D eigenvalue weighted by molar-refractivity contribution is 0.349. The molecule has 0 saturated carbocycles. The van der Waals surface area contributed by atoms with Gasteiger partial charge in [0.15, 0.2) is 11.5 Å². The number of hydrogen-bond donors (Lipinski definition) is 4. The van der Waals surface area contributed by atoms with E-state index in [2.05, 4.69) is 9.05 Å². The van der Waals surface area contributed by atoms with Crippen LogP contribution in [0.15, 0.2) is 24.3 Å². The van der Waals surface area contributed by atoms with Crippen LogP contribution in [0.5, 0.6) is 11.5 Å². The summed E-state index contributed by atoms with van der Waals surface area (Å²) >= 11 is 0. The number of rotatable bonds is 4. The van der Waals surface area contributed by atoms with E-state index in [0.29, 0.717) is 0 Å². The predicted octanol–water partition coefficient (Wildman–Crippen LogP) is 0.867. The van der Waals surface area contributed by atoms with Crippen molar-refractivity contribution in [2.75, 3.05) is 0 Å². The summed E-state index contributed by atoms with van der Waals surface area (Å²) in [5.74, 6) is 0.0819. The third-order valence-corrected chi connectivity index (χ3v) is 1.93. The van der Waals surface area contributed by atoms with Crippen molar-refractivity contribution in [3.63, 3.8) is 0 Å². The standard InChI is InChI=1S/C6H8O6P2/c7-13(8)11-5-3-1-2-4-6(5)12-14(9)10/h1-4,7-10H. The summed E-state index contributed by atoms with van der Waals surface area (Å²) in [6.45, 7) is 0. The molecule has 0 radical (unpaired) electrons. The molecular weight excluding hydrogens is 230 g/mol. The molecule has 0 unspecified atom stereocenters. The maximum Gasteiger partial charge on any atom is 0.391 e. The summed E-state index contributed by atoms with van der Waals surface area (Å²) in [5.41, 5.74) is 0. The van der Waals surface area contributed by atoms with Crippen LogP contribution < -0.4 is 9.05 Å². The average Bonchev–Trinajstić information content (AvgIpc) is 2.06. The number of benzene rings is 1. The van der Waals surface area contributed by atoms with Crippen LogP contribution >= 0.6 is 17.2 Å². The molecule has 4 N–H and O–H groups in total. The lowest BCUT2D eigenvalue weighted by Gasteiger charge is -2.11. The van der Waals surface area contributed by atoms with Gasteiger partial charge in [-0.15, -0.1) is 0 Å². The lowest BCUT2D eigenvalue weighted by atomic mass is 10.3. The molecule has 0 fully saturated rings. The first-order valence-corrected chi connectivity index (χ1v) is 5.73. The summed E-state index contributed by atoms with van der Waals surface area (Å²) in [6, 6.07) is 5.99. The van der Waals surface area contributed by atoms with Gasteiger partial charge in [-0.25, -0.2) is 0 Å². The Balaban J connectivity index is 2.80. The Morgan fingerprint density at radius 1 is 0.786 bits per heavy atom. The largest absolute Gasteiger partial charge is 0.423 e. The molecule has 6 nitrogen and oxygen atoms in total. The second-order valence-electron chi connectivity index (χ2n) is 2.13. The molecule has 1 aromatic carbocycles. The average molecular weight is 238 g/mol. The highest BCUT2D eigenvalue weighted by molar-refractivity contribution is 7.40. The van der Waals surface area contributed by atoms with Crippen molar-refractivity contribution in [1.29, 1.82) is 0 Å². The van der Waals surface area contributed by atoms with Gasteiger partial charge < -0.3 is 28.6 Å².